The maximum atomic E-state index is 12.2. The summed E-state index contributed by atoms with van der Waals surface area (Å²) in [5, 5.41) is 3.59. The van der Waals surface area contributed by atoms with E-state index >= 15 is 0 Å². The first kappa shape index (κ1) is 16.0. The van der Waals surface area contributed by atoms with E-state index in [2.05, 4.69) is 10.2 Å². The van der Waals surface area contributed by atoms with Crippen LogP contribution in [0.5, 0.6) is 0 Å². The molecule has 1 saturated heterocycles. The molecule has 1 aliphatic rings. The van der Waals surface area contributed by atoms with Gasteiger partial charge in [-0.1, -0.05) is 41.9 Å². The van der Waals surface area contributed by atoms with Crippen LogP contribution >= 0.6 is 11.6 Å². The number of nitrogens with zero attached hydrogens (tertiary/aromatic N) is 1. The molecule has 120 valence electrons. The van der Waals surface area contributed by atoms with E-state index in [1.54, 1.807) is 0 Å². The van der Waals surface area contributed by atoms with E-state index in [0.29, 0.717) is 17.1 Å². The zero-order chi connectivity index (χ0) is 16.1. The van der Waals surface area contributed by atoms with Crippen molar-refractivity contribution in [2.75, 3.05) is 13.1 Å². The topological polar surface area (TPSA) is 32.3 Å². The minimum atomic E-state index is -0.0716. The number of amides is 1. The molecule has 4 heteroatoms. The Kier molecular flexibility index (Phi) is 5.31. The summed E-state index contributed by atoms with van der Waals surface area (Å²) < 4.78 is 0. The van der Waals surface area contributed by atoms with Crippen LogP contribution in [0.15, 0.2) is 48.5 Å². The molecule has 3 rings (SSSR count). The fraction of sp³-hybridized carbons (Fsp3) is 0.316. The second-order valence-electron chi connectivity index (χ2n) is 5.95. The van der Waals surface area contributed by atoms with Crippen LogP contribution in [0.25, 0.3) is 0 Å². The van der Waals surface area contributed by atoms with Crippen molar-refractivity contribution in [2.45, 2.75) is 25.9 Å². The molecule has 0 spiro atoms. The van der Waals surface area contributed by atoms with Gasteiger partial charge in [-0.15, -0.1) is 0 Å². The van der Waals surface area contributed by atoms with E-state index in [0.717, 1.165) is 12.1 Å². The molecule has 1 fully saturated rings. The number of hydrogen-bond acceptors (Lipinski definition) is 2. The zero-order valence-corrected chi connectivity index (χ0v) is 13.9. The van der Waals surface area contributed by atoms with E-state index in [9.17, 15) is 4.79 Å². The SMILES string of the molecule is O=C(NCc1ccccc1Cl)c1ccc(CN2CCCC2)cc1. The number of hydrogen-bond donors (Lipinski definition) is 1. The van der Waals surface area contributed by atoms with Gasteiger partial charge in [0.2, 0.25) is 0 Å². The predicted molar refractivity (Wildman–Crippen MR) is 93.6 cm³/mol. The average molecular weight is 329 g/mol. The number of rotatable bonds is 5. The molecule has 1 N–H and O–H groups in total. The molecule has 23 heavy (non-hydrogen) atoms. The second kappa shape index (κ2) is 7.62. The first-order valence-corrected chi connectivity index (χ1v) is 8.43. The maximum absolute atomic E-state index is 12.2. The Labute approximate surface area is 142 Å². The Balaban J connectivity index is 1.56. The summed E-state index contributed by atoms with van der Waals surface area (Å²) in [6, 6.07) is 15.4. The van der Waals surface area contributed by atoms with Crippen LogP contribution in [-0.4, -0.2) is 23.9 Å². The molecular weight excluding hydrogens is 308 g/mol. The number of carbonyl (C=O) groups excluding carboxylic acids is 1. The molecule has 0 radical (unpaired) electrons. The molecule has 0 unspecified atom stereocenters. The van der Waals surface area contributed by atoms with Gasteiger partial charge in [0.15, 0.2) is 0 Å². The summed E-state index contributed by atoms with van der Waals surface area (Å²) in [5.74, 6) is -0.0716. The molecule has 2 aromatic rings. The van der Waals surface area contributed by atoms with Crippen molar-refractivity contribution in [1.82, 2.24) is 10.2 Å². The molecule has 3 nitrogen and oxygen atoms in total. The van der Waals surface area contributed by atoms with Gasteiger partial charge in [-0.2, -0.15) is 0 Å². The lowest BCUT2D eigenvalue weighted by molar-refractivity contribution is 0.0951. The lowest BCUT2D eigenvalue weighted by atomic mass is 10.1. The van der Waals surface area contributed by atoms with Crippen molar-refractivity contribution in [1.29, 1.82) is 0 Å². The van der Waals surface area contributed by atoms with Crippen LogP contribution in [0.3, 0.4) is 0 Å². The van der Waals surface area contributed by atoms with Gasteiger partial charge in [0, 0.05) is 23.7 Å². The highest BCUT2D eigenvalue weighted by atomic mass is 35.5. The van der Waals surface area contributed by atoms with Crippen LogP contribution < -0.4 is 5.32 Å². The Morgan fingerprint density at radius 3 is 2.43 bits per heavy atom. The first-order chi connectivity index (χ1) is 11.2. The fourth-order valence-electron chi connectivity index (χ4n) is 2.88. The first-order valence-electron chi connectivity index (χ1n) is 8.05. The van der Waals surface area contributed by atoms with Gasteiger partial charge in [0.05, 0.1) is 0 Å². The molecule has 0 aliphatic carbocycles. The lowest BCUT2D eigenvalue weighted by Crippen LogP contribution is -2.23. The fourth-order valence-corrected chi connectivity index (χ4v) is 3.08. The molecule has 1 heterocycles. The highest BCUT2D eigenvalue weighted by Gasteiger charge is 2.12. The lowest BCUT2D eigenvalue weighted by Gasteiger charge is -2.14. The van der Waals surface area contributed by atoms with Crippen molar-refractivity contribution >= 4 is 17.5 Å². The quantitative estimate of drug-likeness (QED) is 0.903. The standard InChI is InChI=1S/C19H21ClN2O/c20-18-6-2-1-5-17(18)13-21-19(23)16-9-7-15(8-10-16)14-22-11-3-4-12-22/h1-2,5-10H,3-4,11-14H2,(H,21,23). The van der Waals surface area contributed by atoms with Gasteiger partial charge < -0.3 is 5.32 Å². The van der Waals surface area contributed by atoms with Crippen molar-refractivity contribution in [3.8, 4) is 0 Å². The largest absolute Gasteiger partial charge is 0.348 e. The third kappa shape index (κ3) is 4.34. The van der Waals surface area contributed by atoms with Crippen molar-refractivity contribution in [2.24, 2.45) is 0 Å². The summed E-state index contributed by atoms with van der Waals surface area (Å²) >= 11 is 6.10. The maximum Gasteiger partial charge on any atom is 0.251 e. The van der Waals surface area contributed by atoms with Gasteiger partial charge in [-0.3, -0.25) is 9.69 Å². The normalized spacial score (nSPS) is 14.8. The monoisotopic (exact) mass is 328 g/mol. The zero-order valence-electron chi connectivity index (χ0n) is 13.1. The number of nitrogens with one attached hydrogen (secondary N) is 1. The van der Waals surface area contributed by atoms with Gasteiger partial charge in [-0.05, 0) is 55.3 Å². The summed E-state index contributed by atoms with van der Waals surface area (Å²) in [6.45, 7) is 3.77. The van der Waals surface area contributed by atoms with Gasteiger partial charge in [0.1, 0.15) is 0 Å². The Hall–Kier alpha value is -1.84. The highest BCUT2D eigenvalue weighted by Crippen LogP contribution is 2.15. The van der Waals surface area contributed by atoms with E-state index in [-0.39, 0.29) is 5.91 Å². The number of carbonyl (C=O) groups is 1. The van der Waals surface area contributed by atoms with Crippen LogP contribution in [0.1, 0.15) is 34.3 Å². The predicted octanol–water partition coefficient (Wildman–Crippen LogP) is 3.87. The average Bonchev–Trinajstić information content (AvgIpc) is 3.07. The highest BCUT2D eigenvalue weighted by molar-refractivity contribution is 6.31. The number of benzene rings is 2. The second-order valence-corrected chi connectivity index (χ2v) is 6.36. The summed E-state index contributed by atoms with van der Waals surface area (Å²) in [4.78, 5) is 14.7. The molecule has 0 atom stereocenters. The van der Waals surface area contributed by atoms with E-state index in [1.807, 2.05) is 48.5 Å². The molecule has 0 aromatic heterocycles. The van der Waals surface area contributed by atoms with E-state index in [1.165, 1.54) is 31.5 Å². The van der Waals surface area contributed by atoms with Crippen LogP contribution in [0.4, 0.5) is 0 Å². The third-order valence-electron chi connectivity index (χ3n) is 4.22. The molecule has 1 aliphatic heterocycles. The van der Waals surface area contributed by atoms with Gasteiger partial charge >= 0.3 is 0 Å². The third-order valence-corrected chi connectivity index (χ3v) is 4.59. The minimum absolute atomic E-state index is 0.0716. The molecule has 0 bridgehead atoms. The van der Waals surface area contributed by atoms with E-state index in [4.69, 9.17) is 11.6 Å². The number of halogens is 1. The van der Waals surface area contributed by atoms with Crippen LogP contribution in [-0.2, 0) is 13.1 Å². The molecule has 2 aromatic carbocycles. The smallest absolute Gasteiger partial charge is 0.251 e. The summed E-state index contributed by atoms with van der Waals surface area (Å²) in [5.41, 5.74) is 2.87. The summed E-state index contributed by atoms with van der Waals surface area (Å²) in [6.07, 6.45) is 2.59. The molecular formula is C19H21ClN2O. The van der Waals surface area contributed by atoms with Crippen molar-refractivity contribution in [3.63, 3.8) is 0 Å². The minimum Gasteiger partial charge on any atom is -0.348 e. The Morgan fingerprint density at radius 2 is 1.74 bits per heavy atom. The van der Waals surface area contributed by atoms with Crippen molar-refractivity contribution < 1.29 is 4.79 Å². The Bertz CT molecular complexity index is 663. The van der Waals surface area contributed by atoms with Gasteiger partial charge in [-0.25, -0.2) is 0 Å². The molecule has 1 amide bonds. The van der Waals surface area contributed by atoms with Crippen LogP contribution in [0, 0.1) is 0 Å². The Morgan fingerprint density at radius 1 is 1.04 bits per heavy atom. The molecule has 0 saturated carbocycles. The summed E-state index contributed by atoms with van der Waals surface area (Å²) in [7, 11) is 0. The van der Waals surface area contributed by atoms with Crippen molar-refractivity contribution in [3.05, 3.63) is 70.2 Å². The van der Waals surface area contributed by atoms with Crippen LogP contribution in [0.2, 0.25) is 5.02 Å². The van der Waals surface area contributed by atoms with Gasteiger partial charge in [0.25, 0.3) is 5.91 Å². The number of likely N-dealkylation sites (tertiary alicyclic amines) is 1. The van der Waals surface area contributed by atoms with E-state index < -0.39 is 0 Å².